The first-order valence-corrected chi connectivity index (χ1v) is 7.39. The molecule has 3 rings (SSSR count). The Balaban J connectivity index is 1.77. The molecule has 6 atom stereocenters. The first-order chi connectivity index (χ1) is 8.36. The maximum absolute atomic E-state index is 10.6. The number of epoxide rings is 2. The molecule has 3 nitrogen and oxygen atoms in total. The Bertz CT molecular complexity index is 343. The maximum Gasteiger partial charge on any atom is 0.113 e. The van der Waals surface area contributed by atoms with Crippen molar-refractivity contribution in [1.82, 2.24) is 0 Å². The first kappa shape index (κ1) is 12.9. The molecule has 0 aromatic heterocycles. The van der Waals surface area contributed by atoms with Gasteiger partial charge in [-0.05, 0) is 51.4 Å². The molecule has 0 aromatic rings. The van der Waals surface area contributed by atoms with Crippen LogP contribution in [0.4, 0.5) is 0 Å². The lowest BCUT2D eigenvalue weighted by molar-refractivity contribution is 0.0461. The van der Waals surface area contributed by atoms with Crippen molar-refractivity contribution in [2.24, 2.45) is 11.8 Å². The van der Waals surface area contributed by atoms with Gasteiger partial charge in [0.1, 0.15) is 6.10 Å². The van der Waals surface area contributed by atoms with Crippen molar-refractivity contribution in [1.29, 1.82) is 0 Å². The summed E-state index contributed by atoms with van der Waals surface area (Å²) in [6.07, 6.45) is 4.36. The van der Waals surface area contributed by atoms with Gasteiger partial charge in [-0.25, -0.2) is 0 Å². The highest BCUT2D eigenvalue weighted by atomic mass is 16.6. The van der Waals surface area contributed by atoms with E-state index < -0.39 is 0 Å². The second-order valence-corrected chi connectivity index (χ2v) is 7.25. The number of rotatable bonds is 1. The quantitative estimate of drug-likeness (QED) is 0.731. The minimum absolute atomic E-state index is 0.0491. The third kappa shape index (κ3) is 2.00. The fraction of sp³-hybridized carbons (Fsp3) is 1.00. The van der Waals surface area contributed by atoms with Gasteiger partial charge in [-0.2, -0.15) is 0 Å². The van der Waals surface area contributed by atoms with Crippen molar-refractivity contribution in [2.75, 3.05) is 0 Å². The molecule has 1 N–H and O–H groups in total. The first-order valence-electron chi connectivity index (χ1n) is 7.39. The molecule has 0 unspecified atom stereocenters. The Hall–Kier alpha value is -0.120. The molecular weight excluding hydrogens is 228 g/mol. The van der Waals surface area contributed by atoms with Gasteiger partial charge in [0.15, 0.2) is 0 Å². The standard InChI is InChI=1S/C15H26O3/c1-9(2)10-5-7-14(3)11(17-14)6-8-15(4)13(18-15)12(10)16/h9-13,16H,5-8H2,1-4H3/t10-,11+,12-,13-,14-,15-/m1/s1. The molecular formula is C15H26O3. The fourth-order valence-electron chi connectivity index (χ4n) is 3.76. The number of aliphatic hydroxyl groups is 1. The minimum Gasteiger partial charge on any atom is -0.390 e. The summed E-state index contributed by atoms with van der Waals surface area (Å²) in [6, 6.07) is 0. The van der Waals surface area contributed by atoms with Gasteiger partial charge in [0, 0.05) is 0 Å². The van der Waals surface area contributed by atoms with Crippen LogP contribution in [-0.4, -0.2) is 34.6 Å². The van der Waals surface area contributed by atoms with Crippen LogP contribution < -0.4 is 0 Å². The smallest absolute Gasteiger partial charge is 0.113 e. The topological polar surface area (TPSA) is 45.3 Å². The number of hydrogen-bond donors (Lipinski definition) is 1. The van der Waals surface area contributed by atoms with Crippen LogP contribution in [-0.2, 0) is 9.47 Å². The molecule has 1 saturated carbocycles. The number of hydrogen-bond acceptors (Lipinski definition) is 3. The Morgan fingerprint density at radius 1 is 1.06 bits per heavy atom. The molecule has 0 bridgehead atoms. The molecule has 0 spiro atoms. The molecule has 2 aliphatic heterocycles. The van der Waals surface area contributed by atoms with E-state index in [1.807, 2.05) is 0 Å². The van der Waals surface area contributed by atoms with E-state index in [1.54, 1.807) is 0 Å². The second kappa shape index (κ2) is 3.94. The van der Waals surface area contributed by atoms with E-state index in [0.717, 1.165) is 25.7 Å². The lowest BCUT2D eigenvalue weighted by Gasteiger charge is -2.27. The van der Waals surface area contributed by atoms with E-state index in [-0.39, 0.29) is 23.4 Å². The van der Waals surface area contributed by atoms with Crippen molar-refractivity contribution in [2.45, 2.75) is 82.9 Å². The zero-order valence-corrected chi connectivity index (χ0v) is 12.0. The Labute approximate surface area is 110 Å². The van der Waals surface area contributed by atoms with Crippen molar-refractivity contribution >= 4 is 0 Å². The van der Waals surface area contributed by atoms with Gasteiger partial charge in [0.05, 0.1) is 23.4 Å². The summed E-state index contributed by atoms with van der Waals surface area (Å²) in [5.41, 5.74) is -0.0261. The van der Waals surface area contributed by atoms with Gasteiger partial charge in [-0.3, -0.25) is 0 Å². The Morgan fingerprint density at radius 2 is 1.72 bits per heavy atom. The summed E-state index contributed by atoms with van der Waals surface area (Å²) in [7, 11) is 0. The molecule has 2 saturated heterocycles. The van der Waals surface area contributed by atoms with Crippen molar-refractivity contribution in [3.05, 3.63) is 0 Å². The lowest BCUT2D eigenvalue weighted by Crippen LogP contribution is -2.35. The third-order valence-corrected chi connectivity index (χ3v) is 5.46. The van der Waals surface area contributed by atoms with Crippen LogP contribution in [0.15, 0.2) is 0 Å². The predicted molar refractivity (Wildman–Crippen MR) is 69.4 cm³/mol. The summed E-state index contributed by atoms with van der Waals surface area (Å²) in [6.45, 7) is 8.76. The summed E-state index contributed by atoms with van der Waals surface area (Å²) < 4.78 is 11.7. The van der Waals surface area contributed by atoms with Gasteiger partial charge >= 0.3 is 0 Å². The zero-order valence-electron chi connectivity index (χ0n) is 12.0. The molecule has 104 valence electrons. The molecule has 0 radical (unpaired) electrons. The van der Waals surface area contributed by atoms with Crippen LogP contribution >= 0.6 is 0 Å². The van der Waals surface area contributed by atoms with Crippen LogP contribution in [0.5, 0.6) is 0 Å². The van der Waals surface area contributed by atoms with E-state index in [0.29, 0.717) is 17.9 Å². The number of aliphatic hydroxyl groups excluding tert-OH is 1. The monoisotopic (exact) mass is 254 g/mol. The van der Waals surface area contributed by atoms with Gasteiger partial charge in [0.2, 0.25) is 0 Å². The van der Waals surface area contributed by atoms with E-state index in [9.17, 15) is 5.11 Å². The van der Waals surface area contributed by atoms with Crippen LogP contribution in [0.2, 0.25) is 0 Å². The average Bonchev–Trinajstić information content (AvgIpc) is 3.12. The molecule has 1 aliphatic carbocycles. The number of ether oxygens (including phenoxy) is 2. The Kier molecular flexibility index (Phi) is 2.82. The van der Waals surface area contributed by atoms with E-state index in [1.165, 1.54) is 0 Å². The highest BCUT2D eigenvalue weighted by Crippen LogP contribution is 2.52. The average molecular weight is 254 g/mol. The predicted octanol–water partition coefficient (Wildman–Crippen LogP) is 2.51. The van der Waals surface area contributed by atoms with E-state index in [2.05, 4.69) is 27.7 Å². The van der Waals surface area contributed by atoms with Gasteiger partial charge < -0.3 is 14.6 Å². The molecule has 3 aliphatic rings. The molecule has 0 amide bonds. The fourth-order valence-corrected chi connectivity index (χ4v) is 3.76. The molecule has 2 heterocycles. The molecule has 3 heteroatoms. The van der Waals surface area contributed by atoms with Crippen LogP contribution in [0, 0.1) is 11.8 Å². The third-order valence-electron chi connectivity index (χ3n) is 5.46. The van der Waals surface area contributed by atoms with Crippen molar-refractivity contribution in [3.8, 4) is 0 Å². The summed E-state index contributed by atoms with van der Waals surface area (Å²) in [5.74, 6) is 0.824. The number of fused-ring (bicyclic) bond motifs is 2. The Morgan fingerprint density at radius 3 is 2.39 bits per heavy atom. The highest BCUT2D eigenvalue weighted by Gasteiger charge is 2.61. The summed E-state index contributed by atoms with van der Waals surface area (Å²) in [4.78, 5) is 0. The highest BCUT2D eigenvalue weighted by molar-refractivity contribution is 5.09. The van der Waals surface area contributed by atoms with E-state index in [4.69, 9.17) is 9.47 Å². The van der Waals surface area contributed by atoms with Gasteiger partial charge in [0.25, 0.3) is 0 Å². The van der Waals surface area contributed by atoms with Crippen LogP contribution in [0.3, 0.4) is 0 Å². The van der Waals surface area contributed by atoms with Crippen molar-refractivity contribution in [3.63, 3.8) is 0 Å². The normalized spacial score (nSPS) is 55.7. The van der Waals surface area contributed by atoms with Crippen LogP contribution in [0.1, 0.15) is 53.4 Å². The summed E-state index contributed by atoms with van der Waals surface area (Å²) in [5, 5.41) is 10.6. The van der Waals surface area contributed by atoms with Crippen LogP contribution in [0.25, 0.3) is 0 Å². The van der Waals surface area contributed by atoms with Gasteiger partial charge in [-0.15, -0.1) is 0 Å². The molecule has 18 heavy (non-hydrogen) atoms. The SMILES string of the molecule is CC(C)[C@H]1CC[C@@]2(C)O[C@H]2CC[C@@]2(C)O[C@@H]2[C@@H]1O. The van der Waals surface area contributed by atoms with Gasteiger partial charge in [-0.1, -0.05) is 13.8 Å². The molecule has 0 aromatic carbocycles. The molecule has 3 fully saturated rings. The van der Waals surface area contributed by atoms with E-state index >= 15 is 0 Å². The second-order valence-electron chi connectivity index (χ2n) is 7.25. The minimum atomic E-state index is -0.311. The van der Waals surface area contributed by atoms with Crippen molar-refractivity contribution < 1.29 is 14.6 Å². The zero-order chi connectivity index (χ0) is 13.1. The maximum atomic E-state index is 10.6. The summed E-state index contributed by atoms with van der Waals surface area (Å²) >= 11 is 0. The lowest BCUT2D eigenvalue weighted by atomic mass is 9.78. The largest absolute Gasteiger partial charge is 0.390 e.